The van der Waals surface area contributed by atoms with Crippen LogP contribution in [0.2, 0.25) is 0 Å². The Labute approximate surface area is 159 Å². The summed E-state index contributed by atoms with van der Waals surface area (Å²) in [7, 11) is 0. The van der Waals surface area contributed by atoms with E-state index in [0.717, 1.165) is 29.9 Å². The molecule has 2 heterocycles. The monoisotopic (exact) mass is 361 g/mol. The Kier molecular flexibility index (Phi) is 4.62. The summed E-state index contributed by atoms with van der Waals surface area (Å²) in [6.07, 6.45) is 3.19. The minimum Gasteiger partial charge on any atom is -0.316 e. The molecule has 1 saturated heterocycles. The minimum absolute atomic E-state index is 0.0234. The lowest BCUT2D eigenvalue weighted by Gasteiger charge is -2.28. The molecule has 4 rings (SSSR count). The summed E-state index contributed by atoms with van der Waals surface area (Å²) in [5.74, 6) is 0. The van der Waals surface area contributed by atoms with Gasteiger partial charge < -0.3 is 9.80 Å². The van der Waals surface area contributed by atoms with Gasteiger partial charge in [-0.05, 0) is 37.1 Å². The summed E-state index contributed by atoms with van der Waals surface area (Å²) in [6, 6.07) is 18.5. The SMILES string of the molecule is C[C@@H](c1ccccc1)N1CCN([C@@H](C)c2ccc(-n3cncn3)cc2)C1=O. The number of hydrogen-bond donors (Lipinski definition) is 0. The lowest BCUT2D eigenvalue weighted by Crippen LogP contribution is -2.35. The summed E-state index contributed by atoms with van der Waals surface area (Å²) in [5, 5.41) is 4.14. The Hall–Kier alpha value is -3.15. The van der Waals surface area contributed by atoms with E-state index in [-0.39, 0.29) is 18.1 Å². The van der Waals surface area contributed by atoms with Crippen molar-refractivity contribution in [3.05, 3.63) is 78.4 Å². The third kappa shape index (κ3) is 3.30. The van der Waals surface area contributed by atoms with E-state index in [0.29, 0.717) is 0 Å². The van der Waals surface area contributed by atoms with Gasteiger partial charge in [-0.15, -0.1) is 0 Å². The average Bonchev–Trinajstić information content (AvgIpc) is 3.38. The molecule has 6 heteroatoms. The fourth-order valence-corrected chi connectivity index (χ4v) is 3.63. The molecule has 2 aromatic carbocycles. The Bertz CT molecular complexity index is 892. The fourth-order valence-electron chi connectivity index (χ4n) is 3.63. The second-order valence-corrected chi connectivity index (χ2v) is 6.86. The zero-order valence-electron chi connectivity index (χ0n) is 15.6. The van der Waals surface area contributed by atoms with Crippen molar-refractivity contribution in [2.75, 3.05) is 13.1 Å². The number of rotatable bonds is 5. The van der Waals surface area contributed by atoms with Crippen LogP contribution in [0.15, 0.2) is 67.3 Å². The summed E-state index contributed by atoms with van der Waals surface area (Å²) in [5.41, 5.74) is 3.23. The van der Waals surface area contributed by atoms with Crippen molar-refractivity contribution < 1.29 is 4.79 Å². The van der Waals surface area contributed by atoms with E-state index in [2.05, 4.69) is 48.2 Å². The summed E-state index contributed by atoms with van der Waals surface area (Å²) < 4.78 is 1.72. The molecule has 138 valence electrons. The molecule has 0 saturated carbocycles. The van der Waals surface area contributed by atoms with E-state index in [9.17, 15) is 4.79 Å². The summed E-state index contributed by atoms with van der Waals surface area (Å²) in [6.45, 7) is 5.66. The maximum atomic E-state index is 13.0. The van der Waals surface area contributed by atoms with Crippen LogP contribution in [-0.2, 0) is 0 Å². The second kappa shape index (κ2) is 7.23. The molecule has 1 fully saturated rings. The molecule has 1 aliphatic rings. The van der Waals surface area contributed by atoms with Gasteiger partial charge in [0.25, 0.3) is 0 Å². The molecule has 2 amide bonds. The molecule has 6 nitrogen and oxygen atoms in total. The van der Waals surface area contributed by atoms with E-state index in [1.807, 2.05) is 40.1 Å². The molecule has 27 heavy (non-hydrogen) atoms. The van der Waals surface area contributed by atoms with Gasteiger partial charge in [-0.1, -0.05) is 42.5 Å². The van der Waals surface area contributed by atoms with E-state index in [4.69, 9.17) is 0 Å². The summed E-state index contributed by atoms with van der Waals surface area (Å²) in [4.78, 5) is 20.9. The lowest BCUT2D eigenvalue weighted by molar-refractivity contribution is 0.170. The Morgan fingerprint density at radius 1 is 0.852 bits per heavy atom. The van der Waals surface area contributed by atoms with Crippen molar-refractivity contribution in [3.63, 3.8) is 0 Å². The number of carbonyl (C=O) groups excluding carboxylic acids is 1. The van der Waals surface area contributed by atoms with Gasteiger partial charge in [-0.25, -0.2) is 14.5 Å². The highest BCUT2D eigenvalue weighted by Crippen LogP contribution is 2.30. The Balaban J connectivity index is 1.48. The quantitative estimate of drug-likeness (QED) is 0.694. The first kappa shape index (κ1) is 17.3. The molecule has 1 aromatic heterocycles. The largest absolute Gasteiger partial charge is 0.321 e. The molecule has 0 spiro atoms. The van der Waals surface area contributed by atoms with Gasteiger partial charge in [-0.2, -0.15) is 5.10 Å². The van der Waals surface area contributed by atoms with Gasteiger partial charge in [0.05, 0.1) is 17.8 Å². The van der Waals surface area contributed by atoms with Gasteiger partial charge in [0.2, 0.25) is 0 Å². The van der Waals surface area contributed by atoms with E-state index < -0.39 is 0 Å². The number of amides is 2. The highest BCUT2D eigenvalue weighted by Gasteiger charge is 2.35. The molecule has 2 atom stereocenters. The highest BCUT2D eigenvalue weighted by atomic mass is 16.2. The molecular weight excluding hydrogens is 338 g/mol. The predicted molar refractivity (Wildman–Crippen MR) is 103 cm³/mol. The van der Waals surface area contributed by atoms with E-state index >= 15 is 0 Å². The maximum absolute atomic E-state index is 13.0. The van der Waals surface area contributed by atoms with Crippen molar-refractivity contribution in [2.24, 2.45) is 0 Å². The predicted octanol–water partition coefficient (Wildman–Crippen LogP) is 3.83. The van der Waals surface area contributed by atoms with Crippen LogP contribution in [0, 0.1) is 0 Å². The van der Waals surface area contributed by atoms with Crippen molar-refractivity contribution in [1.82, 2.24) is 24.6 Å². The normalized spacial score (nSPS) is 16.6. The van der Waals surface area contributed by atoms with Gasteiger partial charge in [0.15, 0.2) is 0 Å². The first-order valence-electron chi connectivity index (χ1n) is 9.22. The number of urea groups is 1. The van der Waals surface area contributed by atoms with Crippen LogP contribution in [0.4, 0.5) is 4.79 Å². The van der Waals surface area contributed by atoms with Gasteiger partial charge in [0.1, 0.15) is 12.7 Å². The first-order chi connectivity index (χ1) is 13.1. The zero-order valence-corrected chi connectivity index (χ0v) is 15.6. The van der Waals surface area contributed by atoms with Crippen LogP contribution in [0.25, 0.3) is 5.69 Å². The third-order valence-electron chi connectivity index (χ3n) is 5.35. The maximum Gasteiger partial charge on any atom is 0.321 e. The number of nitrogens with zero attached hydrogens (tertiary/aromatic N) is 5. The topological polar surface area (TPSA) is 54.3 Å². The molecule has 0 bridgehead atoms. The van der Waals surface area contributed by atoms with E-state index in [1.54, 1.807) is 11.0 Å². The second-order valence-electron chi connectivity index (χ2n) is 6.86. The molecule has 3 aromatic rings. The Morgan fingerprint density at radius 3 is 2.00 bits per heavy atom. The van der Waals surface area contributed by atoms with Crippen LogP contribution < -0.4 is 0 Å². The molecule has 0 aliphatic carbocycles. The third-order valence-corrected chi connectivity index (χ3v) is 5.35. The highest BCUT2D eigenvalue weighted by molar-refractivity contribution is 5.77. The van der Waals surface area contributed by atoms with Crippen LogP contribution in [-0.4, -0.2) is 43.7 Å². The fraction of sp³-hybridized carbons (Fsp3) is 0.286. The van der Waals surface area contributed by atoms with Crippen molar-refractivity contribution in [3.8, 4) is 5.69 Å². The number of carbonyl (C=O) groups is 1. The van der Waals surface area contributed by atoms with Gasteiger partial charge >= 0.3 is 6.03 Å². The van der Waals surface area contributed by atoms with Crippen LogP contribution in [0.1, 0.15) is 37.1 Å². The lowest BCUT2D eigenvalue weighted by atomic mass is 10.1. The Morgan fingerprint density at radius 2 is 1.44 bits per heavy atom. The molecular formula is C21H23N5O. The van der Waals surface area contributed by atoms with E-state index in [1.165, 1.54) is 6.33 Å². The summed E-state index contributed by atoms with van der Waals surface area (Å²) >= 11 is 0. The van der Waals surface area contributed by atoms with Crippen molar-refractivity contribution >= 4 is 6.03 Å². The number of benzene rings is 2. The molecule has 0 unspecified atom stereocenters. The van der Waals surface area contributed by atoms with Crippen LogP contribution in [0.3, 0.4) is 0 Å². The van der Waals surface area contributed by atoms with Crippen molar-refractivity contribution in [1.29, 1.82) is 0 Å². The minimum atomic E-state index is 0.0234. The molecule has 0 N–H and O–H groups in total. The van der Waals surface area contributed by atoms with Crippen LogP contribution >= 0.6 is 0 Å². The smallest absolute Gasteiger partial charge is 0.316 e. The first-order valence-corrected chi connectivity index (χ1v) is 9.22. The average molecular weight is 361 g/mol. The van der Waals surface area contributed by atoms with Crippen molar-refractivity contribution in [2.45, 2.75) is 25.9 Å². The van der Waals surface area contributed by atoms with Gasteiger partial charge in [0, 0.05) is 13.1 Å². The number of hydrogen-bond acceptors (Lipinski definition) is 3. The molecule has 0 radical (unpaired) electrons. The standard InChI is InChI=1S/C21H23N5O/c1-16(18-6-4-3-5-7-18)24-12-13-25(21(24)27)17(2)19-8-10-20(11-9-19)26-15-22-14-23-26/h3-11,14-17H,12-13H2,1-2H3/t16-,17-/m0/s1. The zero-order chi connectivity index (χ0) is 18.8. The number of aromatic nitrogens is 3. The van der Waals surface area contributed by atoms with Gasteiger partial charge in [-0.3, -0.25) is 0 Å². The van der Waals surface area contributed by atoms with Crippen LogP contribution in [0.5, 0.6) is 0 Å². The molecule has 1 aliphatic heterocycles.